The average Bonchev–Trinajstić information content (AvgIpc) is 2.49. The van der Waals surface area contributed by atoms with Crippen molar-refractivity contribution in [1.82, 2.24) is 4.98 Å². The van der Waals surface area contributed by atoms with E-state index in [9.17, 15) is 4.79 Å². The van der Waals surface area contributed by atoms with Gasteiger partial charge in [-0.15, -0.1) is 0 Å². The predicted octanol–water partition coefficient (Wildman–Crippen LogP) is 0.990. The molecule has 12 heavy (non-hydrogen) atoms. The van der Waals surface area contributed by atoms with Crippen LogP contribution >= 0.6 is 0 Å². The van der Waals surface area contributed by atoms with E-state index in [-0.39, 0.29) is 0 Å². The number of rotatable bonds is 1. The second kappa shape index (κ2) is 2.73. The molecule has 0 atom stereocenters. The number of carbonyl (C=O) groups is 1. The van der Waals surface area contributed by atoms with Crippen LogP contribution in [0, 0.1) is 0 Å². The average molecular weight is 226 g/mol. The Morgan fingerprint density at radius 2 is 2.33 bits per heavy atom. The van der Waals surface area contributed by atoms with E-state index in [1.54, 1.807) is 12.1 Å². The molecule has 1 N–H and O–H groups in total. The second-order valence-electron chi connectivity index (χ2n) is 2.34. The molecule has 0 bridgehead atoms. The molecule has 1 heterocycles. The van der Waals surface area contributed by atoms with Crippen molar-refractivity contribution >= 4 is 30.2 Å². The zero-order valence-corrected chi connectivity index (χ0v) is 7.73. The predicted molar refractivity (Wildman–Crippen MR) is 45.6 cm³/mol. The summed E-state index contributed by atoms with van der Waals surface area (Å²) in [5.74, 6) is -0.896. The molecule has 0 aliphatic carbocycles. The van der Waals surface area contributed by atoms with Gasteiger partial charge in [0.05, 0.1) is 0 Å². The Kier molecular flexibility index (Phi) is 1.71. The SMILES string of the molecule is O=C(O)c1ccc2[se]cnc2c1. The summed E-state index contributed by atoms with van der Waals surface area (Å²) in [5.41, 5.74) is 1.12. The molecule has 0 aliphatic rings. The summed E-state index contributed by atoms with van der Waals surface area (Å²) in [7, 11) is 0. The molecule has 2 rings (SSSR count). The number of carboxylic acids is 1. The Morgan fingerprint density at radius 1 is 1.50 bits per heavy atom. The third-order valence-corrected chi connectivity index (χ3v) is 3.28. The van der Waals surface area contributed by atoms with Crippen LogP contribution in [-0.4, -0.2) is 30.6 Å². The Balaban J connectivity index is 2.68. The van der Waals surface area contributed by atoms with Gasteiger partial charge in [0.2, 0.25) is 0 Å². The number of benzene rings is 1. The Labute approximate surface area is 74.4 Å². The molecule has 2 aromatic rings. The monoisotopic (exact) mass is 227 g/mol. The van der Waals surface area contributed by atoms with Crippen LogP contribution in [0.1, 0.15) is 10.4 Å². The van der Waals surface area contributed by atoms with Crippen molar-refractivity contribution < 1.29 is 9.90 Å². The van der Waals surface area contributed by atoms with E-state index in [4.69, 9.17) is 5.11 Å². The van der Waals surface area contributed by atoms with Crippen LogP contribution in [0.5, 0.6) is 0 Å². The number of carboxylic acid groups (broad SMARTS) is 1. The molecule has 1 aromatic heterocycles. The van der Waals surface area contributed by atoms with Gasteiger partial charge in [0.25, 0.3) is 0 Å². The van der Waals surface area contributed by atoms with E-state index < -0.39 is 5.97 Å². The fourth-order valence-corrected chi connectivity index (χ4v) is 2.37. The Morgan fingerprint density at radius 3 is 3.08 bits per heavy atom. The van der Waals surface area contributed by atoms with Gasteiger partial charge >= 0.3 is 74.0 Å². The molecule has 60 valence electrons. The van der Waals surface area contributed by atoms with Gasteiger partial charge in [-0.3, -0.25) is 0 Å². The Bertz CT molecular complexity index is 435. The molecule has 0 radical (unpaired) electrons. The van der Waals surface area contributed by atoms with E-state index in [0.717, 1.165) is 9.78 Å². The van der Waals surface area contributed by atoms with Gasteiger partial charge in [-0.05, 0) is 0 Å². The van der Waals surface area contributed by atoms with Crippen LogP contribution in [0.15, 0.2) is 23.3 Å². The van der Waals surface area contributed by atoms with Crippen molar-refractivity contribution in [3.05, 3.63) is 28.8 Å². The topological polar surface area (TPSA) is 50.2 Å². The molecule has 0 aliphatic heterocycles. The second-order valence-corrected chi connectivity index (χ2v) is 4.20. The normalized spacial score (nSPS) is 10.3. The fourth-order valence-electron chi connectivity index (χ4n) is 0.991. The van der Waals surface area contributed by atoms with Gasteiger partial charge in [0.1, 0.15) is 0 Å². The van der Waals surface area contributed by atoms with E-state index >= 15 is 0 Å². The van der Waals surface area contributed by atoms with Crippen molar-refractivity contribution in [1.29, 1.82) is 0 Å². The molecule has 0 spiro atoms. The van der Waals surface area contributed by atoms with Gasteiger partial charge < -0.3 is 0 Å². The summed E-state index contributed by atoms with van der Waals surface area (Å²) in [6.45, 7) is 0. The van der Waals surface area contributed by atoms with Gasteiger partial charge in [-0.2, -0.15) is 0 Å². The van der Waals surface area contributed by atoms with Crippen molar-refractivity contribution in [3.63, 3.8) is 0 Å². The summed E-state index contributed by atoms with van der Waals surface area (Å²) in [4.78, 5) is 14.6. The number of hydrogen-bond acceptors (Lipinski definition) is 2. The third-order valence-electron chi connectivity index (χ3n) is 1.58. The number of aromatic nitrogens is 1. The van der Waals surface area contributed by atoms with Crippen LogP contribution < -0.4 is 0 Å². The summed E-state index contributed by atoms with van der Waals surface area (Å²) < 4.78 is 1.16. The van der Waals surface area contributed by atoms with Crippen LogP contribution in [0.2, 0.25) is 0 Å². The van der Waals surface area contributed by atoms with E-state index in [1.165, 1.54) is 0 Å². The van der Waals surface area contributed by atoms with Gasteiger partial charge in [-0.1, -0.05) is 0 Å². The zero-order chi connectivity index (χ0) is 8.55. The zero-order valence-electron chi connectivity index (χ0n) is 6.02. The Hall–Kier alpha value is -1.12. The van der Waals surface area contributed by atoms with Crippen LogP contribution in [0.3, 0.4) is 0 Å². The summed E-state index contributed by atoms with van der Waals surface area (Å²) in [6, 6.07) is 5.08. The van der Waals surface area contributed by atoms with E-state index in [0.29, 0.717) is 20.1 Å². The number of aromatic carboxylic acids is 1. The van der Waals surface area contributed by atoms with Crippen molar-refractivity contribution in [3.8, 4) is 0 Å². The van der Waals surface area contributed by atoms with Crippen LogP contribution in [-0.2, 0) is 0 Å². The molecule has 0 fully saturated rings. The van der Waals surface area contributed by atoms with Crippen LogP contribution in [0.25, 0.3) is 9.78 Å². The first kappa shape index (κ1) is 7.52. The van der Waals surface area contributed by atoms with Gasteiger partial charge in [-0.25, -0.2) is 0 Å². The first-order chi connectivity index (χ1) is 5.77. The molecule has 0 unspecified atom stereocenters. The standard InChI is InChI=1S/C8H5NO2Se/c10-8(11)5-1-2-7-6(3-5)9-4-12-7/h1-4H,(H,10,11). The maximum absolute atomic E-state index is 10.6. The van der Waals surface area contributed by atoms with Gasteiger partial charge in [0.15, 0.2) is 0 Å². The van der Waals surface area contributed by atoms with Crippen LogP contribution in [0.4, 0.5) is 0 Å². The summed E-state index contributed by atoms with van der Waals surface area (Å²) >= 11 is 0.298. The summed E-state index contributed by atoms with van der Waals surface area (Å²) in [5, 5.41) is 10.5. The number of hydrogen-bond donors (Lipinski definition) is 1. The molecule has 0 saturated carbocycles. The minimum atomic E-state index is -0.896. The minimum absolute atomic E-state index is 0.298. The van der Waals surface area contributed by atoms with Crippen molar-refractivity contribution in [2.75, 3.05) is 0 Å². The quantitative estimate of drug-likeness (QED) is 0.737. The number of nitrogens with zero attached hydrogens (tertiary/aromatic N) is 1. The van der Waals surface area contributed by atoms with E-state index in [2.05, 4.69) is 4.98 Å². The third kappa shape index (κ3) is 1.15. The van der Waals surface area contributed by atoms with Gasteiger partial charge in [0, 0.05) is 0 Å². The summed E-state index contributed by atoms with van der Waals surface area (Å²) in [6.07, 6.45) is 0. The molecule has 0 amide bonds. The fraction of sp³-hybridized carbons (Fsp3) is 0. The molecule has 3 nitrogen and oxygen atoms in total. The molecular formula is C8H5NO2Se. The molecule has 4 heteroatoms. The first-order valence-electron chi connectivity index (χ1n) is 3.34. The van der Waals surface area contributed by atoms with E-state index in [1.807, 2.05) is 11.1 Å². The molecule has 0 saturated heterocycles. The van der Waals surface area contributed by atoms with Crippen molar-refractivity contribution in [2.24, 2.45) is 0 Å². The molecule has 1 aromatic carbocycles. The number of fused-ring (bicyclic) bond motifs is 1. The first-order valence-corrected chi connectivity index (χ1v) is 5.18. The maximum atomic E-state index is 10.6. The van der Waals surface area contributed by atoms with Crippen molar-refractivity contribution in [2.45, 2.75) is 0 Å². The molecular weight excluding hydrogens is 221 g/mol.